The van der Waals surface area contributed by atoms with E-state index in [1.54, 1.807) is 31.2 Å². The van der Waals surface area contributed by atoms with Gasteiger partial charge in [0, 0.05) is 23.4 Å². The maximum Gasteiger partial charge on any atom is 0.269 e. The summed E-state index contributed by atoms with van der Waals surface area (Å²) in [5, 5.41) is 17.7. The summed E-state index contributed by atoms with van der Waals surface area (Å²) in [5.74, 6) is -0.100. The fraction of sp³-hybridized carbons (Fsp3) is 0.0588. The van der Waals surface area contributed by atoms with Gasteiger partial charge in [0.05, 0.1) is 9.95 Å². The van der Waals surface area contributed by atoms with E-state index in [1.165, 1.54) is 24.3 Å². The number of nitrogens with one attached hydrogen (secondary N) is 1. The minimum Gasteiger partial charge on any atom is -0.360 e. The number of amides is 1. The smallest absolute Gasteiger partial charge is 0.269 e. The highest BCUT2D eigenvalue weighted by atomic mass is 35.5. The molecule has 8 heteroatoms. The molecule has 25 heavy (non-hydrogen) atoms. The summed E-state index contributed by atoms with van der Waals surface area (Å²) in [6.07, 6.45) is 0. The molecule has 0 fully saturated rings. The lowest BCUT2D eigenvalue weighted by atomic mass is 10.1. The van der Waals surface area contributed by atoms with Gasteiger partial charge in [-0.25, -0.2) is 0 Å². The minimum absolute atomic E-state index is 0.0593. The molecule has 1 heterocycles. The molecule has 1 aromatic heterocycles. The molecule has 1 N–H and O–H groups in total. The molecule has 0 unspecified atom stereocenters. The molecule has 2 aromatic carbocycles. The zero-order valence-electron chi connectivity index (χ0n) is 13.0. The van der Waals surface area contributed by atoms with E-state index in [4.69, 9.17) is 16.1 Å². The Kier molecular flexibility index (Phi) is 4.49. The Balaban J connectivity index is 1.92. The van der Waals surface area contributed by atoms with Crippen LogP contribution in [0.4, 0.5) is 11.4 Å². The normalized spacial score (nSPS) is 10.5. The Bertz CT molecular complexity index is 951. The number of carbonyl (C=O) groups is 1. The van der Waals surface area contributed by atoms with Crippen LogP contribution in [0, 0.1) is 17.0 Å². The molecule has 1 amide bonds. The second-order valence-electron chi connectivity index (χ2n) is 5.20. The van der Waals surface area contributed by atoms with Gasteiger partial charge in [-0.2, -0.15) is 0 Å². The fourth-order valence-electron chi connectivity index (χ4n) is 2.34. The molecule has 0 saturated heterocycles. The topological polar surface area (TPSA) is 98.3 Å². The number of aryl methyl sites for hydroxylation is 1. The Morgan fingerprint density at radius 2 is 1.88 bits per heavy atom. The Labute approximate surface area is 147 Å². The van der Waals surface area contributed by atoms with Crippen molar-refractivity contribution in [2.75, 3.05) is 5.32 Å². The van der Waals surface area contributed by atoms with Gasteiger partial charge in [0.15, 0.2) is 0 Å². The highest BCUT2D eigenvalue weighted by Crippen LogP contribution is 2.31. The van der Waals surface area contributed by atoms with Crippen molar-refractivity contribution in [2.24, 2.45) is 0 Å². The Morgan fingerprint density at radius 1 is 1.20 bits per heavy atom. The summed E-state index contributed by atoms with van der Waals surface area (Å²) in [6, 6.07) is 12.5. The van der Waals surface area contributed by atoms with Gasteiger partial charge in [-0.15, -0.1) is 0 Å². The number of aromatic nitrogens is 1. The number of hydrogen-bond donors (Lipinski definition) is 1. The Morgan fingerprint density at radius 3 is 2.52 bits per heavy atom. The van der Waals surface area contributed by atoms with Crippen molar-refractivity contribution in [3.8, 4) is 11.3 Å². The second kappa shape index (κ2) is 6.74. The molecule has 0 aliphatic heterocycles. The van der Waals surface area contributed by atoms with Crippen LogP contribution in [-0.2, 0) is 0 Å². The molecule has 0 radical (unpaired) electrons. The van der Waals surface area contributed by atoms with E-state index in [1.807, 2.05) is 0 Å². The van der Waals surface area contributed by atoms with Gasteiger partial charge in [0.1, 0.15) is 17.0 Å². The summed E-state index contributed by atoms with van der Waals surface area (Å²) < 4.78 is 5.16. The number of nitrogens with zero attached hydrogens (tertiary/aromatic N) is 2. The number of nitro benzene ring substituents is 1. The van der Waals surface area contributed by atoms with Gasteiger partial charge in [-0.3, -0.25) is 14.9 Å². The number of nitro groups is 1. The maximum atomic E-state index is 12.6. The van der Waals surface area contributed by atoms with Gasteiger partial charge in [0.2, 0.25) is 0 Å². The van der Waals surface area contributed by atoms with Crippen molar-refractivity contribution in [3.63, 3.8) is 0 Å². The van der Waals surface area contributed by atoms with E-state index >= 15 is 0 Å². The molecule has 0 aliphatic carbocycles. The average Bonchev–Trinajstić information content (AvgIpc) is 2.97. The van der Waals surface area contributed by atoms with E-state index in [0.717, 1.165) is 0 Å². The summed E-state index contributed by atoms with van der Waals surface area (Å²) in [4.78, 5) is 22.8. The number of halogens is 1. The lowest BCUT2D eigenvalue weighted by molar-refractivity contribution is -0.384. The zero-order valence-corrected chi connectivity index (χ0v) is 13.8. The number of rotatable bonds is 4. The third kappa shape index (κ3) is 3.36. The van der Waals surface area contributed by atoms with Crippen molar-refractivity contribution < 1.29 is 14.2 Å². The van der Waals surface area contributed by atoms with E-state index in [-0.39, 0.29) is 11.3 Å². The summed E-state index contributed by atoms with van der Waals surface area (Å²) in [5.41, 5.74) is 1.53. The molecule has 0 bridgehead atoms. The highest BCUT2D eigenvalue weighted by Gasteiger charge is 2.23. The summed E-state index contributed by atoms with van der Waals surface area (Å²) in [7, 11) is 0. The molecular weight excluding hydrogens is 346 g/mol. The average molecular weight is 358 g/mol. The van der Waals surface area contributed by atoms with Crippen molar-refractivity contribution in [1.82, 2.24) is 5.16 Å². The first-order chi connectivity index (χ1) is 12.0. The van der Waals surface area contributed by atoms with Crippen LogP contribution in [0.1, 0.15) is 16.1 Å². The molecule has 3 aromatic rings. The monoisotopic (exact) mass is 357 g/mol. The lowest BCUT2D eigenvalue weighted by Crippen LogP contribution is -2.13. The van der Waals surface area contributed by atoms with Crippen molar-refractivity contribution >= 4 is 28.9 Å². The molecule has 0 spiro atoms. The van der Waals surface area contributed by atoms with Crippen LogP contribution in [0.15, 0.2) is 53.1 Å². The molecular formula is C17H12ClN3O4. The van der Waals surface area contributed by atoms with E-state index < -0.39 is 10.8 Å². The zero-order chi connectivity index (χ0) is 18.0. The molecule has 0 aliphatic rings. The molecule has 0 atom stereocenters. The van der Waals surface area contributed by atoms with Gasteiger partial charge in [-0.1, -0.05) is 35.0 Å². The summed E-state index contributed by atoms with van der Waals surface area (Å²) >= 11 is 6.17. The third-order valence-electron chi connectivity index (χ3n) is 3.55. The SMILES string of the molecule is Cc1onc(-c2ccccc2Cl)c1C(=O)Nc1ccc([N+](=O)[O-])cc1. The standard InChI is InChI=1S/C17H12ClN3O4/c1-10-15(16(20-25-10)13-4-2-3-5-14(13)18)17(22)19-11-6-8-12(9-7-11)21(23)24/h2-9H,1H3,(H,19,22). The number of anilines is 1. The number of hydrogen-bond acceptors (Lipinski definition) is 5. The quantitative estimate of drug-likeness (QED) is 0.549. The van der Waals surface area contributed by atoms with Gasteiger partial charge in [0.25, 0.3) is 11.6 Å². The van der Waals surface area contributed by atoms with Gasteiger partial charge in [-0.05, 0) is 25.1 Å². The lowest BCUT2D eigenvalue weighted by Gasteiger charge is -2.06. The van der Waals surface area contributed by atoms with Crippen molar-refractivity contribution in [2.45, 2.75) is 6.92 Å². The van der Waals surface area contributed by atoms with Crippen LogP contribution >= 0.6 is 11.6 Å². The van der Waals surface area contributed by atoms with Crippen LogP contribution in [0.25, 0.3) is 11.3 Å². The van der Waals surface area contributed by atoms with Crippen LogP contribution < -0.4 is 5.32 Å². The predicted molar refractivity (Wildman–Crippen MR) is 92.7 cm³/mol. The minimum atomic E-state index is -0.509. The largest absolute Gasteiger partial charge is 0.360 e. The van der Waals surface area contributed by atoms with E-state index in [2.05, 4.69) is 10.5 Å². The first kappa shape index (κ1) is 16.7. The van der Waals surface area contributed by atoms with Crippen LogP contribution in [0.3, 0.4) is 0 Å². The molecule has 3 rings (SSSR count). The predicted octanol–water partition coefficient (Wildman–Crippen LogP) is 4.46. The Hall–Kier alpha value is -3.19. The molecule has 0 saturated carbocycles. The van der Waals surface area contributed by atoms with Crippen molar-refractivity contribution in [1.29, 1.82) is 0 Å². The van der Waals surface area contributed by atoms with Crippen LogP contribution in [0.2, 0.25) is 5.02 Å². The van der Waals surface area contributed by atoms with Crippen LogP contribution in [-0.4, -0.2) is 16.0 Å². The van der Waals surface area contributed by atoms with Gasteiger partial charge < -0.3 is 9.84 Å². The number of benzene rings is 2. The van der Waals surface area contributed by atoms with Crippen molar-refractivity contribution in [3.05, 3.63) is 75.0 Å². The molecule has 7 nitrogen and oxygen atoms in total. The number of non-ortho nitro benzene ring substituents is 1. The highest BCUT2D eigenvalue weighted by molar-refractivity contribution is 6.33. The first-order valence-electron chi connectivity index (χ1n) is 7.24. The fourth-order valence-corrected chi connectivity index (χ4v) is 2.56. The maximum absolute atomic E-state index is 12.6. The van der Waals surface area contributed by atoms with E-state index in [9.17, 15) is 14.9 Å². The third-order valence-corrected chi connectivity index (χ3v) is 3.88. The first-order valence-corrected chi connectivity index (χ1v) is 7.62. The molecule has 126 valence electrons. The van der Waals surface area contributed by atoms with Gasteiger partial charge >= 0.3 is 0 Å². The van der Waals surface area contributed by atoms with E-state index in [0.29, 0.717) is 27.7 Å². The van der Waals surface area contributed by atoms with Crippen LogP contribution in [0.5, 0.6) is 0 Å². The summed E-state index contributed by atoms with van der Waals surface area (Å²) in [6.45, 7) is 1.62. The second-order valence-corrected chi connectivity index (χ2v) is 5.61. The number of carbonyl (C=O) groups excluding carboxylic acids is 1.